The van der Waals surface area contributed by atoms with Gasteiger partial charge in [-0.3, -0.25) is 14.9 Å². The van der Waals surface area contributed by atoms with Gasteiger partial charge in [0.1, 0.15) is 5.69 Å². The van der Waals surface area contributed by atoms with Gasteiger partial charge in [0, 0.05) is 17.8 Å². The van der Waals surface area contributed by atoms with Gasteiger partial charge in [0.15, 0.2) is 11.5 Å². The van der Waals surface area contributed by atoms with Gasteiger partial charge in [-0.05, 0) is 12.1 Å². The van der Waals surface area contributed by atoms with Crippen molar-refractivity contribution in [1.82, 2.24) is 4.98 Å². The van der Waals surface area contributed by atoms with Crippen molar-refractivity contribution in [2.75, 3.05) is 12.1 Å². The highest BCUT2D eigenvalue weighted by Gasteiger charge is 2.17. The lowest BCUT2D eigenvalue weighted by Gasteiger charge is -2.04. The molecule has 0 unspecified atom stereocenters. The molecular weight excluding hydrogens is 266 g/mol. The number of hydrogen-bond acceptors (Lipinski definition) is 5. The first-order valence-electron chi connectivity index (χ1n) is 5.67. The number of amides is 1. The van der Waals surface area contributed by atoms with Crippen LogP contribution in [0.15, 0.2) is 30.5 Å². The number of benzene rings is 1. The molecule has 0 aliphatic carbocycles. The van der Waals surface area contributed by atoms with Crippen molar-refractivity contribution >= 4 is 17.3 Å². The van der Waals surface area contributed by atoms with E-state index in [1.807, 2.05) is 0 Å². The second-order valence-corrected chi connectivity index (χ2v) is 4.05. The lowest BCUT2D eigenvalue weighted by atomic mass is 10.2. The molecule has 1 aromatic carbocycles. The van der Waals surface area contributed by atoms with E-state index in [0.29, 0.717) is 17.2 Å². The molecular formula is C12H9N3O5. The number of fused-ring (bicyclic) bond motifs is 1. The third-order valence-electron chi connectivity index (χ3n) is 2.75. The van der Waals surface area contributed by atoms with E-state index in [4.69, 9.17) is 9.47 Å². The average Bonchev–Trinajstić information content (AvgIpc) is 3.07. The smallest absolute Gasteiger partial charge is 0.287 e. The highest BCUT2D eigenvalue weighted by atomic mass is 16.7. The minimum absolute atomic E-state index is 0.106. The summed E-state index contributed by atoms with van der Waals surface area (Å²) in [4.78, 5) is 24.4. The molecule has 0 saturated heterocycles. The Morgan fingerprint density at radius 3 is 2.85 bits per heavy atom. The summed E-state index contributed by atoms with van der Waals surface area (Å²) in [5.41, 5.74) is 0.451. The largest absolute Gasteiger partial charge is 0.454 e. The maximum absolute atomic E-state index is 11.9. The Balaban J connectivity index is 1.76. The second kappa shape index (κ2) is 4.57. The summed E-state index contributed by atoms with van der Waals surface area (Å²) in [6, 6.07) is 6.12. The molecule has 2 heterocycles. The van der Waals surface area contributed by atoms with Crippen LogP contribution in [0, 0.1) is 10.1 Å². The van der Waals surface area contributed by atoms with Crippen LogP contribution in [-0.4, -0.2) is 22.6 Å². The molecule has 8 heteroatoms. The number of carbonyl (C=O) groups is 1. The van der Waals surface area contributed by atoms with Crippen molar-refractivity contribution in [3.05, 3.63) is 46.3 Å². The van der Waals surface area contributed by atoms with E-state index < -0.39 is 10.8 Å². The van der Waals surface area contributed by atoms with E-state index in [2.05, 4.69) is 10.3 Å². The Morgan fingerprint density at radius 2 is 2.10 bits per heavy atom. The summed E-state index contributed by atoms with van der Waals surface area (Å²) in [6.45, 7) is 0.148. The zero-order valence-corrected chi connectivity index (χ0v) is 10.1. The molecule has 102 valence electrons. The average molecular weight is 275 g/mol. The van der Waals surface area contributed by atoms with Crippen LogP contribution < -0.4 is 14.8 Å². The Morgan fingerprint density at radius 1 is 1.30 bits per heavy atom. The van der Waals surface area contributed by atoms with Gasteiger partial charge in [-0.1, -0.05) is 0 Å². The molecule has 0 fully saturated rings. The number of rotatable bonds is 3. The Kier molecular flexibility index (Phi) is 2.75. The van der Waals surface area contributed by atoms with Gasteiger partial charge in [0.2, 0.25) is 6.79 Å². The Labute approximate surface area is 112 Å². The molecule has 2 N–H and O–H groups in total. The fourth-order valence-electron chi connectivity index (χ4n) is 1.79. The molecule has 8 nitrogen and oxygen atoms in total. The van der Waals surface area contributed by atoms with E-state index in [0.717, 1.165) is 6.20 Å². The zero-order valence-electron chi connectivity index (χ0n) is 10.1. The molecule has 1 aliphatic rings. The molecule has 0 saturated carbocycles. The van der Waals surface area contributed by atoms with Crippen LogP contribution in [0.1, 0.15) is 10.5 Å². The predicted molar refractivity (Wildman–Crippen MR) is 68.0 cm³/mol. The Bertz CT molecular complexity index is 694. The van der Waals surface area contributed by atoms with Gasteiger partial charge >= 0.3 is 0 Å². The molecule has 1 aliphatic heterocycles. The van der Waals surface area contributed by atoms with Crippen LogP contribution in [0.3, 0.4) is 0 Å². The molecule has 20 heavy (non-hydrogen) atoms. The number of nitrogens with one attached hydrogen (secondary N) is 2. The van der Waals surface area contributed by atoms with Crippen LogP contribution in [0.4, 0.5) is 11.4 Å². The van der Waals surface area contributed by atoms with Crippen molar-refractivity contribution in [2.24, 2.45) is 0 Å². The van der Waals surface area contributed by atoms with Gasteiger partial charge in [0.05, 0.1) is 11.1 Å². The second-order valence-electron chi connectivity index (χ2n) is 4.05. The van der Waals surface area contributed by atoms with Crippen molar-refractivity contribution in [3.8, 4) is 11.5 Å². The van der Waals surface area contributed by atoms with E-state index in [-0.39, 0.29) is 18.2 Å². The highest BCUT2D eigenvalue weighted by Crippen LogP contribution is 2.34. The minimum Gasteiger partial charge on any atom is -0.454 e. The molecule has 0 spiro atoms. The number of aromatic amines is 1. The quantitative estimate of drug-likeness (QED) is 0.657. The van der Waals surface area contributed by atoms with Crippen molar-refractivity contribution in [2.45, 2.75) is 0 Å². The van der Waals surface area contributed by atoms with Crippen LogP contribution in [0.2, 0.25) is 0 Å². The van der Waals surface area contributed by atoms with E-state index in [1.54, 1.807) is 18.2 Å². The summed E-state index contributed by atoms with van der Waals surface area (Å²) in [7, 11) is 0. The molecule has 0 radical (unpaired) electrons. The zero-order chi connectivity index (χ0) is 14.1. The van der Waals surface area contributed by atoms with Crippen LogP contribution in [0.5, 0.6) is 11.5 Å². The first-order valence-corrected chi connectivity index (χ1v) is 5.67. The summed E-state index contributed by atoms with van der Waals surface area (Å²) >= 11 is 0. The fraction of sp³-hybridized carbons (Fsp3) is 0.0833. The number of aromatic nitrogens is 1. The molecule has 1 aromatic heterocycles. The molecule has 3 rings (SSSR count). The van der Waals surface area contributed by atoms with Crippen molar-refractivity contribution in [3.63, 3.8) is 0 Å². The van der Waals surface area contributed by atoms with E-state index >= 15 is 0 Å². The number of nitro groups is 1. The lowest BCUT2D eigenvalue weighted by molar-refractivity contribution is -0.384. The first kappa shape index (κ1) is 12.0. The number of anilines is 1. The first-order chi connectivity index (χ1) is 9.63. The van der Waals surface area contributed by atoms with Crippen LogP contribution in [0.25, 0.3) is 0 Å². The lowest BCUT2D eigenvalue weighted by Crippen LogP contribution is -2.12. The summed E-state index contributed by atoms with van der Waals surface area (Å²) in [5, 5.41) is 13.2. The molecule has 0 bridgehead atoms. The highest BCUT2D eigenvalue weighted by molar-refractivity contribution is 6.03. The van der Waals surface area contributed by atoms with Crippen LogP contribution in [-0.2, 0) is 0 Å². The number of nitrogens with zero attached hydrogens (tertiary/aromatic N) is 1. The van der Waals surface area contributed by atoms with Crippen molar-refractivity contribution in [1.29, 1.82) is 0 Å². The number of carbonyl (C=O) groups excluding carboxylic acids is 1. The summed E-state index contributed by atoms with van der Waals surface area (Å²) in [6.07, 6.45) is 1.16. The maximum atomic E-state index is 11.9. The van der Waals surface area contributed by atoms with Crippen LogP contribution >= 0.6 is 0 Å². The molecule has 1 amide bonds. The number of ether oxygens (including phenoxy) is 2. The van der Waals surface area contributed by atoms with Gasteiger partial charge < -0.3 is 19.8 Å². The predicted octanol–water partition coefficient (Wildman–Crippen LogP) is 1.90. The fourth-order valence-corrected chi connectivity index (χ4v) is 1.79. The third kappa shape index (κ3) is 2.14. The Hall–Kier alpha value is -3.03. The minimum atomic E-state index is -0.576. The summed E-state index contributed by atoms with van der Waals surface area (Å²) in [5.74, 6) is 0.677. The molecule has 0 atom stereocenters. The van der Waals surface area contributed by atoms with Crippen molar-refractivity contribution < 1.29 is 19.2 Å². The normalized spacial score (nSPS) is 12.2. The molecule has 2 aromatic rings. The standard InChI is InChI=1S/C12H9N3O5/c16-12(9-4-8(5-13-9)15(17)18)14-7-1-2-10-11(3-7)20-6-19-10/h1-5,13H,6H2,(H,14,16). The van der Waals surface area contributed by atoms with Gasteiger partial charge in [0.25, 0.3) is 11.6 Å². The monoisotopic (exact) mass is 275 g/mol. The number of hydrogen-bond donors (Lipinski definition) is 2. The van der Waals surface area contributed by atoms with E-state index in [1.165, 1.54) is 6.07 Å². The van der Waals surface area contributed by atoms with Gasteiger partial charge in [-0.15, -0.1) is 0 Å². The topological polar surface area (TPSA) is 106 Å². The van der Waals surface area contributed by atoms with Gasteiger partial charge in [-0.25, -0.2) is 0 Å². The SMILES string of the molecule is O=C(Nc1ccc2c(c1)OCO2)c1cc([N+](=O)[O-])c[nH]1. The summed E-state index contributed by atoms with van der Waals surface area (Å²) < 4.78 is 10.3. The number of H-pyrrole nitrogens is 1. The van der Waals surface area contributed by atoms with E-state index in [9.17, 15) is 14.9 Å². The van der Waals surface area contributed by atoms with Gasteiger partial charge in [-0.2, -0.15) is 0 Å². The maximum Gasteiger partial charge on any atom is 0.287 e. The third-order valence-corrected chi connectivity index (χ3v) is 2.75.